The largest absolute Gasteiger partial charge is 0.496 e. The van der Waals surface area contributed by atoms with Gasteiger partial charge in [-0.05, 0) is 37.0 Å². The Bertz CT molecular complexity index is 640. The molecule has 1 saturated carbocycles. The molecule has 1 unspecified atom stereocenters. The molecule has 1 aliphatic carbocycles. The Labute approximate surface area is 129 Å². The van der Waals surface area contributed by atoms with Gasteiger partial charge in [0.1, 0.15) is 5.75 Å². The molecule has 116 valence electrons. The van der Waals surface area contributed by atoms with Gasteiger partial charge in [-0.3, -0.25) is 4.79 Å². The lowest BCUT2D eigenvalue weighted by Crippen LogP contribution is -2.29. The Balaban J connectivity index is 2.12. The lowest BCUT2D eigenvalue weighted by molar-refractivity contribution is -0.125. The van der Waals surface area contributed by atoms with Crippen LogP contribution in [-0.2, 0) is 20.4 Å². The second kappa shape index (κ2) is 6.23. The van der Waals surface area contributed by atoms with Crippen LogP contribution in [0.25, 0.3) is 0 Å². The molecule has 0 aromatic heterocycles. The summed E-state index contributed by atoms with van der Waals surface area (Å²) >= 11 is 0. The summed E-state index contributed by atoms with van der Waals surface area (Å²) in [5, 5.41) is 2.82. The molecule has 0 aliphatic heterocycles. The van der Waals surface area contributed by atoms with Gasteiger partial charge in [-0.25, -0.2) is 8.42 Å². The summed E-state index contributed by atoms with van der Waals surface area (Å²) in [6.07, 6.45) is 2.19. The van der Waals surface area contributed by atoms with Crippen LogP contribution in [0.1, 0.15) is 25.3 Å². The molecule has 1 atom stereocenters. The van der Waals surface area contributed by atoms with Crippen molar-refractivity contribution in [1.29, 1.82) is 0 Å². The summed E-state index contributed by atoms with van der Waals surface area (Å²) in [6, 6.07) is 4.32. The van der Waals surface area contributed by atoms with Crippen LogP contribution < -0.4 is 10.1 Å². The van der Waals surface area contributed by atoms with Crippen LogP contribution in [0.5, 0.6) is 5.75 Å². The van der Waals surface area contributed by atoms with Gasteiger partial charge in [0.05, 0.1) is 12.0 Å². The molecule has 0 saturated heterocycles. The first kappa shape index (κ1) is 16.1. The molecular formula is C14H18ClNO4S. The fourth-order valence-electron chi connectivity index (χ4n) is 2.20. The molecule has 5 nitrogen and oxygen atoms in total. The van der Waals surface area contributed by atoms with Gasteiger partial charge in [-0.2, -0.15) is 0 Å². The molecule has 1 aromatic carbocycles. The first-order valence-electron chi connectivity index (χ1n) is 6.72. The number of nitrogens with one attached hydrogen (secondary N) is 1. The van der Waals surface area contributed by atoms with E-state index in [2.05, 4.69) is 5.32 Å². The van der Waals surface area contributed by atoms with Crippen LogP contribution >= 0.6 is 10.7 Å². The predicted octanol–water partition coefficient (Wildman–Crippen LogP) is 2.29. The molecular weight excluding hydrogens is 314 g/mol. The average Bonchev–Trinajstić information content (AvgIpc) is 3.27. The number of hydrogen-bond acceptors (Lipinski definition) is 4. The van der Waals surface area contributed by atoms with Crippen LogP contribution in [0.2, 0.25) is 0 Å². The van der Waals surface area contributed by atoms with Gasteiger partial charge in [0.25, 0.3) is 9.05 Å². The van der Waals surface area contributed by atoms with E-state index in [1.165, 1.54) is 25.3 Å². The maximum Gasteiger partial charge on any atom is 0.261 e. The van der Waals surface area contributed by atoms with Crippen molar-refractivity contribution in [2.75, 3.05) is 7.11 Å². The zero-order valence-electron chi connectivity index (χ0n) is 11.9. The molecule has 1 fully saturated rings. The molecule has 0 bridgehead atoms. The van der Waals surface area contributed by atoms with Crippen molar-refractivity contribution < 1.29 is 17.9 Å². The molecule has 2 rings (SSSR count). The van der Waals surface area contributed by atoms with Gasteiger partial charge in [-0.15, -0.1) is 0 Å². The monoisotopic (exact) mass is 331 g/mol. The quantitative estimate of drug-likeness (QED) is 0.812. The number of amides is 1. The molecule has 1 aliphatic rings. The van der Waals surface area contributed by atoms with Crippen LogP contribution in [0.15, 0.2) is 23.1 Å². The van der Waals surface area contributed by atoms with E-state index in [1.54, 1.807) is 0 Å². The van der Waals surface area contributed by atoms with Crippen LogP contribution in [0.4, 0.5) is 0 Å². The third kappa shape index (κ3) is 4.11. The van der Waals surface area contributed by atoms with Crippen LogP contribution in [0.3, 0.4) is 0 Å². The van der Waals surface area contributed by atoms with Crippen molar-refractivity contribution in [2.45, 2.75) is 31.2 Å². The van der Waals surface area contributed by atoms with E-state index < -0.39 is 9.05 Å². The summed E-state index contributed by atoms with van der Waals surface area (Å²) < 4.78 is 27.9. The normalized spacial score (nSPS) is 16.3. The smallest absolute Gasteiger partial charge is 0.261 e. The third-order valence-electron chi connectivity index (χ3n) is 3.73. The fourth-order valence-corrected chi connectivity index (χ4v) is 3.00. The molecule has 0 spiro atoms. The first-order valence-corrected chi connectivity index (χ1v) is 9.03. The van der Waals surface area contributed by atoms with Crippen molar-refractivity contribution in [3.05, 3.63) is 23.8 Å². The van der Waals surface area contributed by atoms with E-state index in [1.807, 2.05) is 6.92 Å². The second-order valence-electron chi connectivity index (χ2n) is 5.26. The Morgan fingerprint density at radius 2 is 2.14 bits per heavy atom. The zero-order chi connectivity index (χ0) is 15.6. The Morgan fingerprint density at radius 1 is 1.48 bits per heavy atom. The minimum absolute atomic E-state index is 0.00976. The van der Waals surface area contributed by atoms with Crippen molar-refractivity contribution in [3.8, 4) is 5.75 Å². The van der Waals surface area contributed by atoms with Crippen molar-refractivity contribution in [3.63, 3.8) is 0 Å². The molecule has 21 heavy (non-hydrogen) atoms. The van der Waals surface area contributed by atoms with E-state index in [0.717, 1.165) is 12.8 Å². The lowest BCUT2D eigenvalue weighted by atomic mass is 10.1. The number of rotatable bonds is 6. The van der Waals surface area contributed by atoms with Crippen LogP contribution in [0, 0.1) is 11.8 Å². The summed E-state index contributed by atoms with van der Waals surface area (Å²) in [4.78, 5) is 12.0. The number of carbonyl (C=O) groups is 1. The molecule has 1 N–H and O–H groups in total. The SMILES string of the molecule is COc1ccc(S(=O)(=O)Cl)cc1CNC(=O)C(C)C1CC1. The molecule has 0 heterocycles. The number of methoxy groups -OCH3 is 1. The summed E-state index contributed by atoms with van der Waals surface area (Å²) in [5.74, 6) is 0.939. The summed E-state index contributed by atoms with van der Waals surface area (Å²) in [6.45, 7) is 2.11. The highest BCUT2D eigenvalue weighted by molar-refractivity contribution is 8.13. The van der Waals surface area contributed by atoms with Crippen molar-refractivity contribution in [1.82, 2.24) is 5.32 Å². The number of benzene rings is 1. The maximum absolute atomic E-state index is 12.0. The standard InChI is InChI=1S/C14H18ClNO4S/c1-9(10-3-4-10)14(17)16-8-11-7-12(21(15,18)19)5-6-13(11)20-2/h5-7,9-10H,3-4,8H2,1-2H3,(H,16,17). The maximum atomic E-state index is 12.0. The Kier molecular flexibility index (Phi) is 4.78. The van der Waals surface area contributed by atoms with E-state index in [9.17, 15) is 13.2 Å². The van der Waals surface area contributed by atoms with Gasteiger partial charge in [0.2, 0.25) is 5.91 Å². The van der Waals surface area contributed by atoms with E-state index in [0.29, 0.717) is 17.2 Å². The minimum atomic E-state index is -3.80. The van der Waals surface area contributed by atoms with Gasteiger partial charge in [0.15, 0.2) is 0 Å². The summed E-state index contributed by atoms with van der Waals surface area (Å²) in [7, 11) is 3.02. The highest BCUT2D eigenvalue weighted by Crippen LogP contribution is 2.36. The fraction of sp³-hybridized carbons (Fsp3) is 0.500. The predicted molar refractivity (Wildman–Crippen MR) is 79.8 cm³/mol. The van der Waals surface area contributed by atoms with Crippen molar-refractivity contribution >= 4 is 25.6 Å². The van der Waals surface area contributed by atoms with E-state index in [-0.39, 0.29) is 23.3 Å². The highest BCUT2D eigenvalue weighted by Gasteiger charge is 2.32. The number of ether oxygens (including phenoxy) is 1. The van der Waals surface area contributed by atoms with Crippen LogP contribution in [-0.4, -0.2) is 21.4 Å². The van der Waals surface area contributed by atoms with Gasteiger partial charge < -0.3 is 10.1 Å². The number of hydrogen-bond donors (Lipinski definition) is 1. The lowest BCUT2D eigenvalue weighted by Gasteiger charge is -2.13. The Morgan fingerprint density at radius 3 is 2.67 bits per heavy atom. The van der Waals surface area contributed by atoms with E-state index in [4.69, 9.17) is 15.4 Å². The first-order chi connectivity index (χ1) is 9.82. The zero-order valence-corrected chi connectivity index (χ0v) is 13.5. The summed E-state index contributed by atoms with van der Waals surface area (Å²) in [5.41, 5.74) is 0.579. The second-order valence-corrected chi connectivity index (χ2v) is 7.82. The Hall–Kier alpha value is -1.27. The molecule has 1 aromatic rings. The number of halogens is 1. The third-order valence-corrected chi connectivity index (χ3v) is 5.08. The molecule has 7 heteroatoms. The van der Waals surface area contributed by atoms with Crippen molar-refractivity contribution in [2.24, 2.45) is 11.8 Å². The van der Waals surface area contributed by atoms with Gasteiger partial charge in [-0.1, -0.05) is 6.92 Å². The van der Waals surface area contributed by atoms with Gasteiger partial charge in [0, 0.05) is 28.7 Å². The topological polar surface area (TPSA) is 72.5 Å². The van der Waals surface area contributed by atoms with Gasteiger partial charge >= 0.3 is 0 Å². The number of carbonyl (C=O) groups excluding carboxylic acids is 1. The van der Waals surface area contributed by atoms with E-state index >= 15 is 0 Å². The highest BCUT2D eigenvalue weighted by atomic mass is 35.7. The molecule has 0 radical (unpaired) electrons. The average molecular weight is 332 g/mol. The molecule has 1 amide bonds. The minimum Gasteiger partial charge on any atom is -0.496 e.